The van der Waals surface area contributed by atoms with Gasteiger partial charge in [0.2, 0.25) is 0 Å². The normalized spacial score (nSPS) is 19.2. The van der Waals surface area contributed by atoms with E-state index in [1.54, 1.807) is 37.3 Å². The summed E-state index contributed by atoms with van der Waals surface area (Å²) in [4.78, 5) is 26.8. The molecule has 0 bridgehead atoms. The van der Waals surface area contributed by atoms with E-state index in [1.165, 1.54) is 29.2 Å². The summed E-state index contributed by atoms with van der Waals surface area (Å²) in [5.41, 5.74) is -0.460. The molecule has 1 unspecified atom stereocenters. The van der Waals surface area contributed by atoms with Gasteiger partial charge in [-0.15, -0.1) is 0 Å². The maximum absolute atomic E-state index is 13.5. The molecule has 6 nitrogen and oxygen atoms in total. The molecule has 2 aromatic carbocycles. The second kappa shape index (κ2) is 7.82. The molecular weight excluding hydrogens is 363 g/mol. The minimum atomic E-state index is -1.32. The van der Waals surface area contributed by atoms with Crippen LogP contribution < -0.4 is 5.32 Å². The Labute approximate surface area is 161 Å². The number of carbonyl (C=O) groups excluding carboxylic acids is 1. The fraction of sp³-hybridized carbons (Fsp3) is 0.238. The average Bonchev–Trinajstić information content (AvgIpc) is 2.93. The van der Waals surface area contributed by atoms with Crippen LogP contribution in [-0.4, -0.2) is 40.1 Å². The van der Waals surface area contributed by atoms with Crippen molar-refractivity contribution in [1.29, 1.82) is 0 Å². The molecular formula is C21H21FN2O4. The van der Waals surface area contributed by atoms with Crippen LogP contribution in [0.3, 0.4) is 0 Å². The van der Waals surface area contributed by atoms with Crippen LogP contribution in [0.15, 0.2) is 65.9 Å². The first-order chi connectivity index (χ1) is 13.5. The Morgan fingerprint density at radius 2 is 1.79 bits per heavy atom. The van der Waals surface area contributed by atoms with Crippen LogP contribution in [0.4, 0.5) is 10.1 Å². The first-order valence-corrected chi connectivity index (χ1v) is 8.94. The topological polar surface area (TPSA) is 89.9 Å². The number of halogens is 1. The van der Waals surface area contributed by atoms with Crippen LogP contribution in [0.25, 0.3) is 0 Å². The summed E-state index contributed by atoms with van der Waals surface area (Å²) >= 11 is 0. The Hall–Kier alpha value is -3.19. The number of benzene rings is 2. The van der Waals surface area contributed by atoms with Crippen LogP contribution in [0, 0.1) is 5.82 Å². The number of amides is 1. The fourth-order valence-electron chi connectivity index (χ4n) is 3.81. The van der Waals surface area contributed by atoms with E-state index in [1.807, 2.05) is 0 Å². The molecule has 1 atom stereocenters. The zero-order chi connectivity index (χ0) is 20.3. The van der Waals surface area contributed by atoms with Gasteiger partial charge in [-0.3, -0.25) is 4.79 Å². The van der Waals surface area contributed by atoms with Gasteiger partial charge in [0.25, 0.3) is 5.91 Å². The molecule has 2 aromatic rings. The van der Waals surface area contributed by atoms with Gasteiger partial charge >= 0.3 is 5.97 Å². The number of β-amino-alcohol motifs (C(OH)–C–C–N with tert-alkyl or cyclic N) is 1. The standard InChI is InChI=1S/C21H21FN2O4/c1-2-21(14-8-10-15(22)11-9-14)17(20(27)28)18(19(26)24(21)12-13-25)23-16-6-4-3-5-7-16/h3-11,23,25H,2,12-13H2,1H3,(H,27,28). The largest absolute Gasteiger partial charge is 0.478 e. The van der Waals surface area contributed by atoms with E-state index in [0.29, 0.717) is 11.3 Å². The van der Waals surface area contributed by atoms with E-state index in [4.69, 9.17) is 0 Å². The van der Waals surface area contributed by atoms with Gasteiger partial charge in [0, 0.05) is 12.2 Å². The van der Waals surface area contributed by atoms with E-state index >= 15 is 0 Å². The minimum absolute atomic E-state index is 0.0548. The van der Waals surface area contributed by atoms with Crippen molar-refractivity contribution >= 4 is 17.6 Å². The fourth-order valence-corrected chi connectivity index (χ4v) is 3.81. The Bertz CT molecular complexity index is 912. The van der Waals surface area contributed by atoms with Crippen molar-refractivity contribution < 1.29 is 24.2 Å². The number of aliphatic hydroxyl groups excluding tert-OH is 1. The number of carbonyl (C=O) groups is 2. The Balaban J connectivity index is 2.24. The third-order valence-corrected chi connectivity index (χ3v) is 5.00. The molecule has 0 aromatic heterocycles. The van der Waals surface area contributed by atoms with Crippen molar-refractivity contribution in [3.63, 3.8) is 0 Å². The number of hydrogen-bond acceptors (Lipinski definition) is 4. The van der Waals surface area contributed by atoms with Crippen LogP contribution >= 0.6 is 0 Å². The minimum Gasteiger partial charge on any atom is -0.478 e. The summed E-state index contributed by atoms with van der Waals surface area (Å²) < 4.78 is 13.5. The van der Waals surface area contributed by atoms with Gasteiger partial charge in [-0.1, -0.05) is 37.3 Å². The van der Waals surface area contributed by atoms with E-state index in [9.17, 15) is 24.2 Å². The predicted octanol–water partition coefficient (Wildman–Crippen LogP) is 2.72. The first kappa shape index (κ1) is 19.6. The molecule has 28 heavy (non-hydrogen) atoms. The number of para-hydroxylation sites is 1. The number of nitrogens with one attached hydrogen (secondary N) is 1. The van der Waals surface area contributed by atoms with Gasteiger partial charge in [-0.05, 0) is 36.2 Å². The maximum Gasteiger partial charge on any atom is 0.336 e. The summed E-state index contributed by atoms with van der Waals surface area (Å²) in [5.74, 6) is -2.24. The van der Waals surface area contributed by atoms with Crippen LogP contribution in [0.5, 0.6) is 0 Å². The number of aliphatic carboxylic acids is 1. The number of anilines is 1. The highest BCUT2D eigenvalue weighted by atomic mass is 19.1. The molecule has 0 aliphatic carbocycles. The molecule has 3 rings (SSSR count). The summed E-state index contributed by atoms with van der Waals surface area (Å²) in [6.45, 7) is 1.37. The highest BCUT2D eigenvalue weighted by molar-refractivity contribution is 6.10. The van der Waals surface area contributed by atoms with Crippen molar-refractivity contribution in [2.75, 3.05) is 18.5 Å². The van der Waals surface area contributed by atoms with Crippen LogP contribution in [0.1, 0.15) is 18.9 Å². The van der Waals surface area contributed by atoms with E-state index in [-0.39, 0.29) is 30.8 Å². The molecule has 0 saturated heterocycles. The lowest BCUT2D eigenvalue weighted by Gasteiger charge is -2.39. The molecule has 0 saturated carbocycles. The lowest BCUT2D eigenvalue weighted by molar-refractivity contribution is -0.135. The number of rotatable bonds is 7. The second-order valence-corrected chi connectivity index (χ2v) is 6.45. The molecule has 0 radical (unpaired) electrons. The third-order valence-electron chi connectivity index (χ3n) is 5.00. The van der Waals surface area contributed by atoms with E-state index in [0.717, 1.165) is 0 Å². The lowest BCUT2D eigenvalue weighted by atomic mass is 9.80. The Kier molecular flexibility index (Phi) is 5.46. The average molecular weight is 384 g/mol. The summed E-state index contributed by atoms with van der Waals surface area (Å²) in [5, 5.41) is 22.5. The highest BCUT2D eigenvalue weighted by Gasteiger charge is 2.54. The maximum atomic E-state index is 13.5. The molecule has 1 aliphatic heterocycles. The van der Waals surface area contributed by atoms with Crippen molar-refractivity contribution in [2.45, 2.75) is 18.9 Å². The molecule has 0 fully saturated rings. The number of hydrogen-bond donors (Lipinski definition) is 3. The number of carboxylic acid groups (broad SMARTS) is 1. The number of nitrogens with zero attached hydrogens (tertiary/aromatic N) is 1. The number of aliphatic hydroxyl groups is 1. The molecule has 3 N–H and O–H groups in total. The molecule has 1 heterocycles. The van der Waals surface area contributed by atoms with E-state index < -0.39 is 23.2 Å². The highest BCUT2D eigenvalue weighted by Crippen LogP contribution is 2.46. The Morgan fingerprint density at radius 1 is 1.14 bits per heavy atom. The third kappa shape index (κ3) is 3.14. The molecule has 1 aliphatic rings. The summed E-state index contributed by atoms with van der Waals surface area (Å²) in [6, 6.07) is 14.2. The zero-order valence-corrected chi connectivity index (χ0v) is 15.4. The van der Waals surface area contributed by atoms with Gasteiger partial charge < -0.3 is 20.4 Å². The van der Waals surface area contributed by atoms with Gasteiger partial charge in [-0.25, -0.2) is 9.18 Å². The smallest absolute Gasteiger partial charge is 0.336 e. The Morgan fingerprint density at radius 3 is 2.32 bits per heavy atom. The number of carboxylic acids is 1. The van der Waals surface area contributed by atoms with Gasteiger partial charge in [0.1, 0.15) is 17.1 Å². The van der Waals surface area contributed by atoms with Crippen molar-refractivity contribution in [3.05, 3.63) is 77.2 Å². The van der Waals surface area contributed by atoms with Crippen LogP contribution in [-0.2, 0) is 15.1 Å². The van der Waals surface area contributed by atoms with Crippen molar-refractivity contribution in [3.8, 4) is 0 Å². The summed E-state index contributed by atoms with van der Waals surface area (Å²) in [6.07, 6.45) is 0.242. The molecule has 7 heteroatoms. The van der Waals surface area contributed by atoms with Gasteiger partial charge in [0.05, 0.1) is 12.2 Å². The summed E-state index contributed by atoms with van der Waals surface area (Å²) in [7, 11) is 0. The molecule has 0 spiro atoms. The van der Waals surface area contributed by atoms with Crippen molar-refractivity contribution in [2.24, 2.45) is 0 Å². The first-order valence-electron chi connectivity index (χ1n) is 8.94. The molecule has 1 amide bonds. The van der Waals surface area contributed by atoms with E-state index in [2.05, 4.69) is 5.32 Å². The second-order valence-electron chi connectivity index (χ2n) is 6.45. The predicted molar refractivity (Wildman–Crippen MR) is 102 cm³/mol. The quantitative estimate of drug-likeness (QED) is 0.683. The van der Waals surface area contributed by atoms with Gasteiger partial charge in [-0.2, -0.15) is 0 Å². The zero-order valence-electron chi connectivity index (χ0n) is 15.4. The lowest BCUT2D eigenvalue weighted by Crippen LogP contribution is -2.48. The van der Waals surface area contributed by atoms with Crippen molar-refractivity contribution in [1.82, 2.24) is 4.90 Å². The van der Waals surface area contributed by atoms with Gasteiger partial charge in [0.15, 0.2) is 0 Å². The molecule has 146 valence electrons. The SMILES string of the molecule is CCC1(c2ccc(F)cc2)C(C(=O)O)=C(Nc2ccccc2)C(=O)N1CCO. The monoisotopic (exact) mass is 384 g/mol. The van der Waals surface area contributed by atoms with Crippen LogP contribution in [0.2, 0.25) is 0 Å².